The van der Waals surface area contributed by atoms with Crippen molar-refractivity contribution in [3.8, 4) is 22.4 Å². The average Bonchev–Trinajstić information content (AvgIpc) is 3.12. The average molecular weight is 403 g/mol. The molecule has 1 amide bonds. The van der Waals surface area contributed by atoms with E-state index in [1.165, 1.54) is 12.1 Å². The van der Waals surface area contributed by atoms with Crippen LogP contribution in [0.2, 0.25) is 0 Å². The number of carbonyl (C=O) groups excluding carboxylic acids is 1. The minimum Gasteiger partial charge on any atom is -0.339 e. The molecule has 0 bridgehead atoms. The minimum absolute atomic E-state index is 0.0163. The standard InChI is InChI=1S/C23H22FN5O/c1-13(2)20(25)23(30)28-18-8-7-17-19(14-9-11-26-12-10-14)21(29-22(17)27-18)15-3-5-16(24)6-4-15/h3-13,20H,25H2,1-2H3,(H2,27,28,29,30)/t20-/m0/s1. The fraction of sp³-hybridized carbons (Fsp3) is 0.174. The molecule has 0 unspecified atom stereocenters. The fourth-order valence-electron chi connectivity index (χ4n) is 3.31. The zero-order chi connectivity index (χ0) is 21.3. The van der Waals surface area contributed by atoms with Gasteiger partial charge >= 0.3 is 0 Å². The molecular weight excluding hydrogens is 381 g/mol. The Morgan fingerprint density at radius 2 is 1.73 bits per heavy atom. The van der Waals surface area contributed by atoms with E-state index in [-0.39, 0.29) is 17.6 Å². The number of aromatic amines is 1. The van der Waals surface area contributed by atoms with Crippen molar-refractivity contribution in [2.45, 2.75) is 19.9 Å². The van der Waals surface area contributed by atoms with Crippen LogP contribution in [0.1, 0.15) is 13.8 Å². The molecule has 4 rings (SSSR count). The van der Waals surface area contributed by atoms with Gasteiger partial charge in [0.2, 0.25) is 5.91 Å². The number of hydrogen-bond acceptors (Lipinski definition) is 4. The van der Waals surface area contributed by atoms with Crippen molar-refractivity contribution >= 4 is 22.8 Å². The molecule has 0 aliphatic carbocycles. The van der Waals surface area contributed by atoms with Crippen LogP contribution in [0.25, 0.3) is 33.4 Å². The van der Waals surface area contributed by atoms with Crippen LogP contribution < -0.4 is 11.1 Å². The second-order valence-electron chi connectivity index (χ2n) is 7.47. The van der Waals surface area contributed by atoms with Crippen LogP contribution in [0, 0.1) is 11.7 Å². The van der Waals surface area contributed by atoms with Crippen LogP contribution in [-0.4, -0.2) is 26.9 Å². The maximum Gasteiger partial charge on any atom is 0.242 e. The summed E-state index contributed by atoms with van der Waals surface area (Å²) in [5, 5.41) is 3.66. The van der Waals surface area contributed by atoms with Gasteiger partial charge in [-0.3, -0.25) is 9.78 Å². The number of nitrogens with two attached hydrogens (primary N) is 1. The summed E-state index contributed by atoms with van der Waals surface area (Å²) < 4.78 is 13.4. The number of rotatable bonds is 5. The Kier molecular flexibility index (Phi) is 5.29. The molecule has 1 aromatic carbocycles. The molecule has 1 atom stereocenters. The quantitative estimate of drug-likeness (QED) is 0.461. The first kappa shape index (κ1) is 19.7. The molecule has 6 nitrogen and oxygen atoms in total. The highest BCUT2D eigenvalue weighted by Gasteiger charge is 2.20. The molecule has 0 saturated heterocycles. The van der Waals surface area contributed by atoms with Crippen LogP contribution in [0.15, 0.2) is 60.9 Å². The summed E-state index contributed by atoms with van der Waals surface area (Å²) >= 11 is 0. The molecule has 152 valence electrons. The van der Waals surface area contributed by atoms with Crippen molar-refractivity contribution in [3.05, 3.63) is 66.7 Å². The highest BCUT2D eigenvalue weighted by atomic mass is 19.1. The Hall–Kier alpha value is -3.58. The number of nitrogens with one attached hydrogen (secondary N) is 2. The molecule has 0 aliphatic heterocycles. The molecule has 3 aromatic heterocycles. The fourth-order valence-corrected chi connectivity index (χ4v) is 3.31. The summed E-state index contributed by atoms with van der Waals surface area (Å²) in [4.78, 5) is 24.3. The summed E-state index contributed by atoms with van der Waals surface area (Å²) in [7, 11) is 0. The maximum absolute atomic E-state index is 13.4. The number of carbonyl (C=O) groups is 1. The predicted octanol–water partition coefficient (Wildman–Crippen LogP) is 4.35. The van der Waals surface area contributed by atoms with Gasteiger partial charge in [0.15, 0.2) is 0 Å². The van der Waals surface area contributed by atoms with E-state index in [0.29, 0.717) is 11.5 Å². The first-order valence-corrected chi connectivity index (χ1v) is 9.69. The van der Waals surface area contributed by atoms with Gasteiger partial charge in [-0.2, -0.15) is 0 Å². The smallest absolute Gasteiger partial charge is 0.242 e. The lowest BCUT2D eigenvalue weighted by Gasteiger charge is -2.14. The van der Waals surface area contributed by atoms with Gasteiger partial charge in [0.05, 0.1) is 11.7 Å². The number of halogens is 1. The van der Waals surface area contributed by atoms with Crippen molar-refractivity contribution < 1.29 is 9.18 Å². The van der Waals surface area contributed by atoms with Crippen LogP contribution >= 0.6 is 0 Å². The molecule has 3 heterocycles. The predicted molar refractivity (Wildman–Crippen MR) is 116 cm³/mol. The number of hydrogen-bond donors (Lipinski definition) is 3. The van der Waals surface area contributed by atoms with Crippen molar-refractivity contribution in [2.75, 3.05) is 5.32 Å². The Balaban J connectivity index is 1.82. The lowest BCUT2D eigenvalue weighted by molar-refractivity contribution is -0.118. The monoisotopic (exact) mass is 403 g/mol. The van der Waals surface area contributed by atoms with E-state index < -0.39 is 6.04 Å². The number of nitrogens with zero attached hydrogens (tertiary/aromatic N) is 2. The summed E-state index contributed by atoms with van der Waals surface area (Å²) in [6.45, 7) is 3.78. The van der Waals surface area contributed by atoms with Gasteiger partial charge in [-0.15, -0.1) is 0 Å². The molecule has 4 N–H and O–H groups in total. The molecule has 0 radical (unpaired) electrons. The molecule has 7 heteroatoms. The Bertz CT molecular complexity index is 1190. The van der Waals surface area contributed by atoms with E-state index in [0.717, 1.165) is 27.8 Å². The van der Waals surface area contributed by atoms with Gasteiger partial charge < -0.3 is 16.0 Å². The summed E-state index contributed by atoms with van der Waals surface area (Å²) in [5.74, 6) is -0.152. The Morgan fingerprint density at radius 3 is 2.40 bits per heavy atom. The number of H-pyrrole nitrogens is 1. The zero-order valence-electron chi connectivity index (χ0n) is 16.7. The number of anilines is 1. The highest BCUT2D eigenvalue weighted by Crippen LogP contribution is 2.38. The normalized spacial score (nSPS) is 12.3. The van der Waals surface area contributed by atoms with Gasteiger partial charge in [-0.25, -0.2) is 9.37 Å². The SMILES string of the molecule is CC(C)[C@H](N)C(=O)Nc1ccc2c(-c3ccncc3)c(-c3ccc(F)cc3)[nH]c2n1. The molecule has 0 fully saturated rings. The van der Waals surface area contributed by atoms with Crippen LogP contribution in [-0.2, 0) is 4.79 Å². The van der Waals surface area contributed by atoms with Gasteiger partial charge in [-0.05, 0) is 65.6 Å². The summed E-state index contributed by atoms with van der Waals surface area (Å²) in [6, 6.07) is 13.1. The number of aromatic nitrogens is 3. The van der Waals surface area contributed by atoms with Gasteiger partial charge in [0.1, 0.15) is 17.3 Å². The highest BCUT2D eigenvalue weighted by molar-refractivity contribution is 6.03. The van der Waals surface area contributed by atoms with Crippen molar-refractivity contribution in [1.29, 1.82) is 0 Å². The van der Waals surface area contributed by atoms with E-state index in [2.05, 4.69) is 20.3 Å². The molecular formula is C23H22FN5O. The zero-order valence-corrected chi connectivity index (χ0v) is 16.7. The minimum atomic E-state index is -0.617. The first-order valence-electron chi connectivity index (χ1n) is 9.69. The molecule has 4 aromatic rings. The number of fused-ring (bicyclic) bond motifs is 1. The van der Waals surface area contributed by atoms with Crippen LogP contribution in [0.5, 0.6) is 0 Å². The first-order chi connectivity index (χ1) is 14.4. The van der Waals surface area contributed by atoms with E-state index >= 15 is 0 Å². The van der Waals surface area contributed by atoms with Crippen molar-refractivity contribution in [1.82, 2.24) is 15.0 Å². The third kappa shape index (κ3) is 3.79. The third-order valence-corrected chi connectivity index (χ3v) is 5.03. The van der Waals surface area contributed by atoms with Crippen LogP contribution in [0.4, 0.5) is 10.2 Å². The van der Waals surface area contributed by atoms with E-state index in [9.17, 15) is 9.18 Å². The summed E-state index contributed by atoms with van der Waals surface area (Å²) in [5.41, 5.74) is 10.1. The maximum atomic E-state index is 13.4. The van der Waals surface area contributed by atoms with Gasteiger partial charge in [-0.1, -0.05) is 13.8 Å². The largest absolute Gasteiger partial charge is 0.339 e. The topological polar surface area (TPSA) is 96.7 Å². The number of amides is 1. The van der Waals surface area contributed by atoms with Crippen molar-refractivity contribution in [3.63, 3.8) is 0 Å². The van der Waals surface area contributed by atoms with E-state index in [1.807, 2.05) is 32.0 Å². The molecule has 30 heavy (non-hydrogen) atoms. The second kappa shape index (κ2) is 8.04. The van der Waals surface area contributed by atoms with Crippen molar-refractivity contribution in [2.24, 2.45) is 11.7 Å². The van der Waals surface area contributed by atoms with E-state index in [4.69, 9.17) is 5.73 Å². The lowest BCUT2D eigenvalue weighted by atomic mass is 10.00. The lowest BCUT2D eigenvalue weighted by Crippen LogP contribution is -2.39. The third-order valence-electron chi connectivity index (χ3n) is 5.03. The van der Waals surface area contributed by atoms with Gasteiger partial charge in [0, 0.05) is 23.3 Å². The number of benzene rings is 1. The molecule has 0 saturated carbocycles. The van der Waals surface area contributed by atoms with Crippen LogP contribution in [0.3, 0.4) is 0 Å². The van der Waals surface area contributed by atoms with Gasteiger partial charge in [0.25, 0.3) is 0 Å². The van der Waals surface area contributed by atoms with E-state index in [1.54, 1.807) is 30.6 Å². The number of pyridine rings is 2. The molecule has 0 spiro atoms. The Labute approximate surface area is 173 Å². The Morgan fingerprint density at radius 1 is 1.03 bits per heavy atom. The summed E-state index contributed by atoms with van der Waals surface area (Å²) in [6.07, 6.45) is 3.44. The second-order valence-corrected chi connectivity index (χ2v) is 7.47. The molecule has 0 aliphatic rings.